The third-order valence-electron chi connectivity index (χ3n) is 5.30. The molecule has 0 saturated carbocycles. The van der Waals surface area contributed by atoms with E-state index in [4.69, 9.17) is 23.2 Å². The van der Waals surface area contributed by atoms with Crippen LogP contribution < -0.4 is 4.90 Å². The minimum absolute atomic E-state index is 0.0795. The van der Waals surface area contributed by atoms with Crippen LogP contribution >= 0.6 is 35.0 Å². The lowest BCUT2D eigenvalue weighted by Gasteiger charge is -2.24. The lowest BCUT2D eigenvalue weighted by molar-refractivity contribution is -0.115. The maximum Gasteiger partial charge on any atom is 0.238 e. The first kappa shape index (κ1) is 19.6. The van der Waals surface area contributed by atoms with E-state index in [9.17, 15) is 4.79 Å². The van der Waals surface area contributed by atoms with Crippen molar-refractivity contribution in [1.82, 2.24) is 4.57 Å². The molecule has 1 atom stereocenters. The van der Waals surface area contributed by atoms with Gasteiger partial charge in [0.25, 0.3) is 0 Å². The summed E-state index contributed by atoms with van der Waals surface area (Å²) in [6.07, 6.45) is 2.17. The molecule has 1 aliphatic heterocycles. The first-order valence-corrected chi connectivity index (χ1v) is 11.4. The lowest BCUT2D eigenvalue weighted by Crippen LogP contribution is -2.27. The Labute approximate surface area is 189 Å². The Morgan fingerprint density at radius 3 is 2.53 bits per heavy atom. The summed E-state index contributed by atoms with van der Waals surface area (Å²) in [5.41, 5.74) is 4.28. The molecule has 0 radical (unpaired) electrons. The van der Waals surface area contributed by atoms with E-state index >= 15 is 0 Å². The average molecular weight is 453 g/mol. The van der Waals surface area contributed by atoms with Crippen molar-refractivity contribution in [3.05, 3.63) is 100 Å². The van der Waals surface area contributed by atoms with Gasteiger partial charge in [-0.3, -0.25) is 9.69 Å². The van der Waals surface area contributed by atoms with Crippen molar-refractivity contribution in [2.24, 2.45) is 0 Å². The number of thioether (sulfide) groups is 1. The molecule has 6 heteroatoms. The number of anilines is 1. The average Bonchev–Trinajstić information content (AvgIpc) is 3.29. The van der Waals surface area contributed by atoms with Crippen LogP contribution in [0.25, 0.3) is 10.9 Å². The van der Waals surface area contributed by atoms with Gasteiger partial charge in [0.15, 0.2) is 0 Å². The summed E-state index contributed by atoms with van der Waals surface area (Å²) in [6.45, 7) is 0.716. The predicted octanol–water partition coefficient (Wildman–Crippen LogP) is 6.78. The standard InChI is InChI=1S/C24H18Cl2N2OS/c25-17-8-10-19(11-9-17)28-23(29)15-30-24(28)21-14-27(22-7-2-1-6-20(21)22)13-16-4-3-5-18(26)12-16/h1-12,14,24H,13,15H2/t24-/m0/s1. The fourth-order valence-corrected chi connectivity index (χ4v) is 5.50. The minimum atomic E-state index is -0.0795. The van der Waals surface area contributed by atoms with Gasteiger partial charge >= 0.3 is 0 Å². The second-order valence-corrected chi connectivity index (χ2v) is 9.20. The van der Waals surface area contributed by atoms with Crippen molar-refractivity contribution in [2.45, 2.75) is 11.9 Å². The first-order valence-electron chi connectivity index (χ1n) is 9.61. The van der Waals surface area contributed by atoms with Gasteiger partial charge in [0.1, 0.15) is 5.37 Å². The molecule has 1 aromatic heterocycles. The van der Waals surface area contributed by atoms with Crippen molar-refractivity contribution in [3.8, 4) is 0 Å². The summed E-state index contributed by atoms with van der Waals surface area (Å²) in [5, 5.41) is 2.47. The Bertz CT molecular complexity index is 1240. The number of para-hydroxylation sites is 1. The molecule has 0 N–H and O–H groups in total. The van der Waals surface area contributed by atoms with Crippen molar-refractivity contribution in [1.29, 1.82) is 0 Å². The number of benzene rings is 3. The smallest absolute Gasteiger partial charge is 0.238 e. The van der Waals surface area contributed by atoms with Gasteiger partial charge in [0.05, 0.1) is 5.75 Å². The van der Waals surface area contributed by atoms with Crippen LogP contribution in [-0.2, 0) is 11.3 Å². The highest BCUT2D eigenvalue weighted by atomic mass is 35.5. The summed E-state index contributed by atoms with van der Waals surface area (Å²) in [7, 11) is 0. The number of halogens is 2. The molecule has 1 aliphatic rings. The zero-order valence-corrected chi connectivity index (χ0v) is 18.3. The van der Waals surface area contributed by atoms with Crippen molar-refractivity contribution in [3.63, 3.8) is 0 Å². The van der Waals surface area contributed by atoms with Gasteiger partial charge in [0, 0.05) is 44.9 Å². The fraction of sp³-hybridized carbons (Fsp3) is 0.125. The SMILES string of the molecule is O=C1CS[C@@H](c2cn(Cc3cccc(Cl)c3)c3ccccc23)N1c1ccc(Cl)cc1. The van der Waals surface area contributed by atoms with Crippen LogP contribution in [0.15, 0.2) is 79.0 Å². The summed E-state index contributed by atoms with van der Waals surface area (Å²) < 4.78 is 2.24. The highest BCUT2D eigenvalue weighted by Gasteiger charge is 2.35. The van der Waals surface area contributed by atoms with Crippen LogP contribution in [0.5, 0.6) is 0 Å². The maximum absolute atomic E-state index is 12.8. The number of hydrogen-bond acceptors (Lipinski definition) is 2. The number of carbonyl (C=O) groups is 1. The topological polar surface area (TPSA) is 25.2 Å². The molecule has 1 amide bonds. The zero-order chi connectivity index (χ0) is 20.7. The second kappa shape index (κ2) is 8.03. The van der Waals surface area contributed by atoms with Crippen LogP contribution in [0.4, 0.5) is 5.69 Å². The van der Waals surface area contributed by atoms with Crippen molar-refractivity contribution in [2.75, 3.05) is 10.7 Å². The number of rotatable bonds is 4. The van der Waals surface area contributed by atoms with Gasteiger partial charge in [-0.15, -0.1) is 11.8 Å². The normalized spacial score (nSPS) is 16.5. The van der Waals surface area contributed by atoms with Crippen LogP contribution in [0.2, 0.25) is 10.0 Å². The number of fused-ring (bicyclic) bond motifs is 1. The molecule has 0 unspecified atom stereocenters. The third-order valence-corrected chi connectivity index (χ3v) is 6.98. The molecule has 3 nitrogen and oxygen atoms in total. The highest BCUT2D eigenvalue weighted by molar-refractivity contribution is 8.00. The van der Waals surface area contributed by atoms with Gasteiger partial charge in [-0.25, -0.2) is 0 Å². The maximum atomic E-state index is 12.8. The molecule has 1 fully saturated rings. The molecular weight excluding hydrogens is 435 g/mol. The molecule has 30 heavy (non-hydrogen) atoms. The zero-order valence-electron chi connectivity index (χ0n) is 16.0. The Kier molecular flexibility index (Phi) is 5.23. The summed E-state index contributed by atoms with van der Waals surface area (Å²) in [5.74, 6) is 0.570. The molecular formula is C24H18Cl2N2OS. The van der Waals surface area contributed by atoms with Gasteiger partial charge in [-0.1, -0.05) is 53.5 Å². The van der Waals surface area contributed by atoms with Gasteiger partial charge < -0.3 is 4.57 Å². The summed E-state index contributed by atoms with van der Waals surface area (Å²) in [4.78, 5) is 14.6. The highest BCUT2D eigenvalue weighted by Crippen LogP contribution is 2.44. The molecule has 0 aliphatic carbocycles. The van der Waals surface area contributed by atoms with Crippen molar-refractivity contribution < 1.29 is 4.79 Å². The minimum Gasteiger partial charge on any atom is -0.343 e. The van der Waals surface area contributed by atoms with Crippen LogP contribution in [0.1, 0.15) is 16.5 Å². The lowest BCUT2D eigenvalue weighted by atomic mass is 10.1. The van der Waals surface area contributed by atoms with E-state index in [1.54, 1.807) is 11.8 Å². The van der Waals surface area contributed by atoms with E-state index in [0.717, 1.165) is 32.7 Å². The van der Waals surface area contributed by atoms with E-state index < -0.39 is 0 Å². The summed E-state index contributed by atoms with van der Waals surface area (Å²) >= 11 is 13.9. The molecule has 2 heterocycles. The number of hydrogen-bond donors (Lipinski definition) is 0. The second-order valence-electron chi connectivity index (χ2n) is 7.26. The quantitative estimate of drug-likeness (QED) is 0.341. The molecule has 1 saturated heterocycles. The van der Waals surface area contributed by atoms with Gasteiger partial charge in [0.2, 0.25) is 5.91 Å². The largest absolute Gasteiger partial charge is 0.343 e. The Morgan fingerprint density at radius 1 is 0.933 bits per heavy atom. The molecule has 0 spiro atoms. The molecule has 4 aromatic rings. The predicted molar refractivity (Wildman–Crippen MR) is 127 cm³/mol. The van der Waals surface area contributed by atoms with Crippen molar-refractivity contribution >= 4 is 57.5 Å². The molecule has 150 valence electrons. The summed E-state index contributed by atoms with van der Waals surface area (Å²) in [6, 6.07) is 23.7. The van der Waals surface area contributed by atoms with Gasteiger partial charge in [-0.05, 0) is 48.0 Å². The Hall–Kier alpha value is -2.40. The number of nitrogens with zero attached hydrogens (tertiary/aromatic N) is 2. The van der Waals surface area contributed by atoms with Crippen LogP contribution in [-0.4, -0.2) is 16.2 Å². The van der Waals surface area contributed by atoms with Crippen LogP contribution in [0, 0.1) is 0 Å². The van der Waals surface area contributed by atoms with E-state index in [1.807, 2.05) is 59.5 Å². The molecule has 5 rings (SSSR count). The number of carbonyl (C=O) groups excluding carboxylic acids is 1. The Balaban J connectivity index is 1.58. The third kappa shape index (κ3) is 3.60. The van der Waals surface area contributed by atoms with E-state index in [1.165, 1.54) is 0 Å². The molecule has 0 bridgehead atoms. The van der Waals surface area contributed by atoms with E-state index in [-0.39, 0.29) is 11.3 Å². The van der Waals surface area contributed by atoms with E-state index in [2.05, 4.69) is 29.0 Å². The number of aromatic nitrogens is 1. The van der Waals surface area contributed by atoms with Crippen LogP contribution in [0.3, 0.4) is 0 Å². The monoisotopic (exact) mass is 452 g/mol. The Morgan fingerprint density at radius 2 is 1.73 bits per heavy atom. The molecule has 3 aromatic carbocycles. The number of amides is 1. The van der Waals surface area contributed by atoms with Gasteiger partial charge in [-0.2, -0.15) is 0 Å². The first-order chi connectivity index (χ1) is 14.6. The van der Waals surface area contributed by atoms with E-state index in [0.29, 0.717) is 17.3 Å². The fourth-order valence-electron chi connectivity index (χ4n) is 3.97.